The van der Waals surface area contributed by atoms with Crippen molar-refractivity contribution in [1.82, 2.24) is 24.6 Å². The quantitative estimate of drug-likeness (QED) is 0.609. The first kappa shape index (κ1) is 20.5. The molecule has 0 N–H and O–H groups in total. The lowest BCUT2D eigenvalue weighted by atomic mass is 10.1. The minimum Gasteiger partial charge on any atom is -0.294 e. The van der Waals surface area contributed by atoms with Gasteiger partial charge in [-0.15, -0.1) is 0 Å². The highest BCUT2D eigenvalue weighted by Crippen LogP contribution is 2.30. The molecule has 1 aliphatic rings. The van der Waals surface area contributed by atoms with Gasteiger partial charge < -0.3 is 0 Å². The summed E-state index contributed by atoms with van der Waals surface area (Å²) in [5.41, 5.74) is 4.39. The molecule has 1 aromatic carbocycles. The van der Waals surface area contributed by atoms with E-state index in [1.807, 2.05) is 10.9 Å². The molecule has 3 aromatic rings. The summed E-state index contributed by atoms with van der Waals surface area (Å²) in [6, 6.07) is 4.99. The molecule has 3 heterocycles. The second kappa shape index (κ2) is 8.18. The first-order valence-electron chi connectivity index (χ1n) is 10.1. The topological polar surface area (TPSA) is 46.8 Å². The Morgan fingerprint density at radius 1 is 1.10 bits per heavy atom. The third-order valence-corrected chi connectivity index (χ3v) is 5.52. The van der Waals surface area contributed by atoms with Gasteiger partial charge in [0.05, 0.1) is 17.5 Å². The zero-order valence-corrected chi connectivity index (χ0v) is 17.1. The number of aromatic nitrogens is 4. The molecule has 30 heavy (non-hydrogen) atoms. The van der Waals surface area contributed by atoms with Gasteiger partial charge in [0.2, 0.25) is 0 Å². The van der Waals surface area contributed by atoms with Gasteiger partial charge in [0, 0.05) is 61.2 Å². The van der Waals surface area contributed by atoms with Crippen LogP contribution in [0.2, 0.25) is 0 Å². The maximum Gasteiger partial charge on any atom is 0.416 e. The standard InChI is InChI=1S/C22H24F3N5/c1-3-9-30-15(2)17(12-27-30)13-29-10-8-20-18(14-29)11-26-21(28-20)16-4-6-19(7-5-16)22(23,24)25/h4-7,11-12H,3,8-10,13-14H2,1-2H3. The Labute approximate surface area is 173 Å². The third-order valence-electron chi connectivity index (χ3n) is 5.52. The highest BCUT2D eigenvalue weighted by atomic mass is 19.4. The van der Waals surface area contributed by atoms with E-state index in [1.54, 1.807) is 6.20 Å². The normalized spacial score (nSPS) is 14.7. The smallest absolute Gasteiger partial charge is 0.294 e. The molecule has 0 saturated carbocycles. The number of aryl methyl sites for hydroxylation is 1. The fraction of sp³-hybridized carbons (Fsp3) is 0.409. The van der Waals surface area contributed by atoms with Crippen LogP contribution in [0.4, 0.5) is 13.2 Å². The molecule has 0 unspecified atom stereocenters. The van der Waals surface area contributed by atoms with Crippen LogP contribution in [0.25, 0.3) is 11.4 Å². The maximum absolute atomic E-state index is 12.8. The number of nitrogens with zero attached hydrogens (tertiary/aromatic N) is 5. The van der Waals surface area contributed by atoms with Crippen molar-refractivity contribution in [3.05, 3.63) is 64.7 Å². The fourth-order valence-electron chi connectivity index (χ4n) is 3.78. The summed E-state index contributed by atoms with van der Waals surface area (Å²) in [4.78, 5) is 11.4. The van der Waals surface area contributed by atoms with Crippen molar-refractivity contribution < 1.29 is 13.2 Å². The van der Waals surface area contributed by atoms with E-state index >= 15 is 0 Å². The molecule has 0 amide bonds. The van der Waals surface area contributed by atoms with Gasteiger partial charge in [-0.2, -0.15) is 18.3 Å². The van der Waals surface area contributed by atoms with Crippen LogP contribution in [0.5, 0.6) is 0 Å². The number of halogens is 3. The maximum atomic E-state index is 12.8. The van der Waals surface area contributed by atoms with Crippen LogP contribution in [0.3, 0.4) is 0 Å². The van der Waals surface area contributed by atoms with Crippen LogP contribution in [-0.4, -0.2) is 31.2 Å². The van der Waals surface area contributed by atoms with Crippen molar-refractivity contribution >= 4 is 0 Å². The van der Waals surface area contributed by atoms with E-state index in [-0.39, 0.29) is 0 Å². The lowest BCUT2D eigenvalue weighted by molar-refractivity contribution is -0.137. The second-order valence-corrected chi connectivity index (χ2v) is 7.68. The van der Waals surface area contributed by atoms with Gasteiger partial charge in [-0.25, -0.2) is 9.97 Å². The van der Waals surface area contributed by atoms with E-state index < -0.39 is 11.7 Å². The number of benzene rings is 1. The third kappa shape index (κ3) is 4.23. The van der Waals surface area contributed by atoms with E-state index in [0.29, 0.717) is 11.4 Å². The molecule has 0 bridgehead atoms. The van der Waals surface area contributed by atoms with Gasteiger partial charge in [0.15, 0.2) is 5.82 Å². The first-order chi connectivity index (χ1) is 14.3. The highest BCUT2D eigenvalue weighted by molar-refractivity contribution is 5.56. The van der Waals surface area contributed by atoms with Crippen LogP contribution >= 0.6 is 0 Å². The monoisotopic (exact) mass is 415 g/mol. The molecule has 0 spiro atoms. The number of rotatable bonds is 5. The molecule has 0 aliphatic carbocycles. The Balaban J connectivity index is 1.47. The zero-order valence-electron chi connectivity index (χ0n) is 17.1. The van der Waals surface area contributed by atoms with Crippen molar-refractivity contribution in [3.63, 3.8) is 0 Å². The molecule has 1 aliphatic heterocycles. The summed E-state index contributed by atoms with van der Waals surface area (Å²) < 4.78 is 40.3. The number of hydrogen-bond donors (Lipinski definition) is 0. The predicted molar refractivity (Wildman–Crippen MR) is 108 cm³/mol. The van der Waals surface area contributed by atoms with Gasteiger partial charge in [-0.05, 0) is 25.5 Å². The SMILES string of the molecule is CCCn1ncc(CN2CCc3nc(-c4ccc(C(F)(F)F)cc4)ncc3C2)c1C. The van der Waals surface area contributed by atoms with Crippen LogP contribution in [0.15, 0.2) is 36.7 Å². The van der Waals surface area contributed by atoms with Gasteiger partial charge in [-0.1, -0.05) is 19.1 Å². The lowest BCUT2D eigenvalue weighted by Gasteiger charge is -2.28. The molecular weight excluding hydrogens is 391 g/mol. The second-order valence-electron chi connectivity index (χ2n) is 7.68. The van der Waals surface area contributed by atoms with Crippen LogP contribution < -0.4 is 0 Å². The van der Waals surface area contributed by atoms with E-state index in [1.165, 1.54) is 23.4 Å². The molecule has 0 atom stereocenters. The Morgan fingerprint density at radius 2 is 1.87 bits per heavy atom. The Hall–Kier alpha value is -2.74. The van der Waals surface area contributed by atoms with E-state index in [2.05, 4.69) is 33.8 Å². The minimum absolute atomic E-state index is 0.465. The summed E-state index contributed by atoms with van der Waals surface area (Å²) >= 11 is 0. The molecule has 4 rings (SSSR count). The summed E-state index contributed by atoms with van der Waals surface area (Å²) in [6.07, 6.45) is 1.24. The largest absolute Gasteiger partial charge is 0.416 e. The summed E-state index contributed by atoms with van der Waals surface area (Å²) in [7, 11) is 0. The lowest BCUT2D eigenvalue weighted by Crippen LogP contribution is -2.31. The van der Waals surface area contributed by atoms with Crippen molar-refractivity contribution in [2.45, 2.75) is 52.5 Å². The average Bonchev–Trinajstić information content (AvgIpc) is 3.07. The summed E-state index contributed by atoms with van der Waals surface area (Å²) in [5, 5.41) is 4.48. The molecule has 8 heteroatoms. The van der Waals surface area contributed by atoms with Crippen LogP contribution in [0, 0.1) is 6.92 Å². The van der Waals surface area contributed by atoms with Crippen LogP contribution in [0.1, 0.15) is 41.4 Å². The summed E-state index contributed by atoms with van der Waals surface area (Å²) in [5.74, 6) is 0.465. The Kier molecular flexibility index (Phi) is 5.60. The molecule has 0 saturated heterocycles. The van der Waals surface area contributed by atoms with Gasteiger partial charge in [0.25, 0.3) is 0 Å². The van der Waals surface area contributed by atoms with Gasteiger partial charge >= 0.3 is 6.18 Å². The Morgan fingerprint density at radius 3 is 2.57 bits per heavy atom. The molecule has 2 aromatic heterocycles. The zero-order chi connectivity index (χ0) is 21.3. The minimum atomic E-state index is -4.34. The highest BCUT2D eigenvalue weighted by Gasteiger charge is 2.30. The first-order valence-corrected chi connectivity index (χ1v) is 10.1. The Bertz CT molecular complexity index is 1020. The molecule has 158 valence electrons. The summed E-state index contributed by atoms with van der Waals surface area (Å²) in [6.45, 7) is 7.62. The van der Waals surface area contributed by atoms with E-state index in [4.69, 9.17) is 0 Å². The van der Waals surface area contributed by atoms with Gasteiger partial charge in [0.1, 0.15) is 0 Å². The van der Waals surface area contributed by atoms with Crippen molar-refractivity contribution in [1.29, 1.82) is 0 Å². The molecule has 0 radical (unpaired) electrons. The number of hydrogen-bond acceptors (Lipinski definition) is 4. The average molecular weight is 415 g/mol. The van der Waals surface area contributed by atoms with E-state index in [9.17, 15) is 13.2 Å². The van der Waals surface area contributed by atoms with Crippen LogP contribution in [-0.2, 0) is 32.2 Å². The predicted octanol–water partition coefficient (Wildman–Crippen LogP) is 4.64. The van der Waals surface area contributed by atoms with Gasteiger partial charge in [-0.3, -0.25) is 9.58 Å². The molecule has 5 nitrogen and oxygen atoms in total. The van der Waals surface area contributed by atoms with Crippen molar-refractivity contribution in [2.75, 3.05) is 6.54 Å². The number of fused-ring (bicyclic) bond motifs is 1. The molecular formula is C22H24F3N5. The van der Waals surface area contributed by atoms with Crippen molar-refractivity contribution in [3.8, 4) is 11.4 Å². The fourth-order valence-corrected chi connectivity index (χ4v) is 3.78. The van der Waals surface area contributed by atoms with Crippen molar-refractivity contribution in [2.24, 2.45) is 0 Å². The van der Waals surface area contributed by atoms with E-state index in [0.717, 1.165) is 62.4 Å². The molecule has 0 fully saturated rings. The number of alkyl halides is 3.